The van der Waals surface area contributed by atoms with Crippen molar-refractivity contribution in [1.82, 2.24) is 0 Å². The third-order valence-electron chi connectivity index (χ3n) is 3.47. The summed E-state index contributed by atoms with van der Waals surface area (Å²) in [5.41, 5.74) is 9.54. The Balaban J connectivity index is 1.73. The SMILES string of the molecule is [N-]=[N+]=N[C@H]1CC[C@H](OCCc2ccccc2)[C@@H](F)C1. The predicted molar refractivity (Wildman–Crippen MR) is 71.6 cm³/mol. The van der Waals surface area contributed by atoms with E-state index in [0.717, 1.165) is 6.42 Å². The quantitative estimate of drug-likeness (QED) is 0.452. The molecule has 1 aromatic carbocycles. The molecule has 0 aliphatic heterocycles. The topological polar surface area (TPSA) is 58.0 Å². The third kappa shape index (κ3) is 4.23. The van der Waals surface area contributed by atoms with E-state index in [9.17, 15) is 4.39 Å². The minimum Gasteiger partial charge on any atom is -0.375 e. The molecule has 0 amide bonds. The summed E-state index contributed by atoms with van der Waals surface area (Å²) in [7, 11) is 0. The molecule has 3 atom stereocenters. The summed E-state index contributed by atoms with van der Waals surface area (Å²) in [6, 6.07) is 9.80. The molecule has 0 spiro atoms. The van der Waals surface area contributed by atoms with Crippen LogP contribution in [0, 0.1) is 0 Å². The molecule has 1 aliphatic rings. The zero-order valence-corrected chi connectivity index (χ0v) is 10.8. The predicted octanol–water partition coefficient (Wildman–Crippen LogP) is 3.82. The van der Waals surface area contributed by atoms with E-state index in [4.69, 9.17) is 10.3 Å². The molecule has 1 aromatic rings. The first-order chi connectivity index (χ1) is 9.29. The number of azide groups is 1. The van der Waals surface area contributed by atoms with Crippen LogP contribution < -0.4 is 0 Å². The van der Waals surface area contributed by atoms with Gasteiger partial charge in [0, 0.05) is 11.0 Å². The van der Waals surface area contributed by atoms with Crippen molar-refractivity contribution in [3.05, 3.63) is 46.3 Å². The summed E-state index contributed by atoms with van der Waals surface area (Å²) >= 11 is 0. The Bertz CT molecular complexity index is 434. The van der Waals surface area contributed by atoms with Crippen LogP contribution >= 0.6 is 0 Å². The van der Waals surface area contributed by atoms with Crippen molar-refractivity contribution < 1.29 is 9.13 Å². The first-order valence-corrected chi connectivity index (χ1v) is 6.63. The summed E-state index contributed by atoms with van der Waals surface area (Å²) in [5, 5.41) is 3.58. The lowest BCUT2D eigenvalue weighted by Gasteiger charge is -2.29. The van der Waals surface area contributed by atoms with Gasteiger partial charge in [0.1, 0.15) is 6.17 Å². The zero-order chi connectivity index (χ0) is 13.5. The van der Waals surface area contributed by atoms with Crippen LogP contribution in [0.3, 0.4) is 0 Å². The Labute approximate surface area is 112 Å². The minimum atomic E-state index is -1.03. The highest BCUT2D eigenvalue weighted by Gasteiger charge is 2.30. The molecular weight excluding hydrogens is 245 g/mol. The van der Waals surface area contributed by atoms with Crippen LogP contribution in [-0.2, 0) is 11.2 Å². The maximum Gasteiger partial charge on any atom is 0.127 e. The smallest absolute Gasteiger partial charge is 0.127 e. The summed E-state index contributed by atoms with van der Waals surface area (Å²) in [6.07, 6.45) is 1.03. The van der Waals surface area contributed by atoms with Crippen LogP contribution in [0.25, 0.3) is 10.4 Å². The van der Waals surface area contributed by atoms with Crippen LogP contribution in [0.5, 0.6) is 0 Å². The average molecular weight is 263 g/mol. The molecule has 1 saturated carbocycles. The Morgan fingerprint density at radius 1 is 1.32 bits per heavy atom. The highest BCUT2D eigenvalue weighted by atomic mass is 19.1. The minimum absolute atomic E-state index is 0.214. The fourth-order valence-corrected chi connectivity index (χ4v) is 2.41. The van der Waals surface area contributed by atoms with Gasteiger partial charge in [-0.25, -0.2) is 4.39 Å². The largest absolute Gasteiger partial charge is 0.375 e. The first-order valence-electron chi connectivity index (χ1n) is 6.63. The summed E-state index contributed by atoms with van der Waals surface area (Å²) in [4.78, 5) is 2.74. The molecule has 1 aliphatic carbocycles. The van der Waals surface area contributed by atoms with Gasteiger partial charge in [-0.2, -0.15) is 0 Å². The molecule has 102 valence electrons. The molecular formula is C14H18FN3O. The number of nitrogens with zero attached hydrogens (tertiary/aromatic N) is 3. The Hall–Kier alpha value is -1.58. The second-order valence-corrected chi connectivity index (χ2v) is 4.83. The van der Waals surface area contributed by atoms with Gasteiger partial charge in [0.25, 0.3) is 0 Å². The van der Waals surface area contributed by atoms with Gasteiger partial charge in [0.15, 0.2) is 0 Å². The second-order valence-electron chi connectivity index (χ2n) is 4.83. The van der Waals surface area contributed by atoms with Gasteiger partial charge < -0.3 is 4.74 Å². The summed E-state index contributed by atoms with van der Waals surface area (Å²) in [6.45, 7) is 0.529. The molecule has 0 unspecified atom stereocenters. The van der Waals surface area contributed by atoms with E-state index in [1.165, 1.54) is 5.56 Å². The van der Waals surface area contributed by atoms with E-state index in [0.29, 0.717) is 19.4 Å². The van der Waals surface area contributed by atoms with Crippen molar-refractivity contribution in [2.75, 3.05) is 6.61 Å². The molecule has 2 rings (SSSR count). The van der Waals surface area contributed by atoms with E-state index in [-0.39, 0.29) is 18.6 Å². The molecule has 0 bridgehead atoms. The van der Waals surface area contributed by atoms with Crippen LogP contribution in [0.15, 0.2) is 35.4 Å². The van der Waals surface area contributed by atoms with Gasteiger partial charge in [0.2, 0.25) is 0 Å². The van der Waals surface area contributed by atoms with Gasteiger partial charge in [-0.1, -0.05) is 35.4 Å². The second kappa shape index (κ2) is 7.12. The normalized spacial score (nSPS) is 26.7. The van der Waals surface area contributed by atoms with E-state index < -0.39 is 6.17 Å². The Morgan fingerprint density at radius 3 is 2.79 bits per heavy atom. The Morgan fingerprint density at radius 2 is 2.11 bits per heavy atom. The molecule has 19 heavy (non-hydrogen) atoms. The average Bonchev–Trinajstić information content (AvgIpc) is 2.43. The Kier molecular flexibility index (Phi) is 5.19. The summed E-state index contributed by atoms with van der Waals surface area (Å²) < 4.78 is 19.5. The first kappa shape index (κ1) is 13.8. The monoisotopic (exact) mass is 263 g/mol. The fraction of sp³-hybridized carbons (Fsp3) is 0.571. The molecule has 1 fully saturated rings. The van der Waals surface area contributed by atoms with E-state index in [1.54, 1.807) is 0 Å². The highest BCUT2D eigenvalue weighted by molar-refractivity contribution is 5.14. The summed E-state index contributed by atoms with van der Waals surface area (Å²) in [5.74, 6) is 0. The van der Waals surface area contributed by atoms with Gasteiger partial charge in [-0.3, -0.25) is 0 Å². The third-order valence-corrected chi connectivity index (χ3v) is 3.47. The number of hydrogen-bond donors (Lipinski definition) is 0. The molecule has 0 N–H and O–H groups in total. The number of rotatable bonds is 5. The number of benzene rings is 1. The van der Waals surface area contributed by atoms with Crippen molar-refractivity contribution in [3.8, 4) is 0 Å². The number of hydrogen-bond acceptors (Lipinski definition) is 2. The number of ether oxygens (including phenoxy) is 1. The standard InChI is InChI=1S/C14H18FN3O/c15-13-10-12(17-18-16)6-7-14(13)19-9-8-11-4-2-1-3-5-11/h1-5,12-14H,6-10H2/t12-,13-,14-/m0/s1. The fourth-order valence-electron chi connectivity index (χ4n) is 2.41. The van der Waals surface area contributed by atoms with Crippen LogP contribution in [0.2, 0.25) is 0 Å². The van der Waals surface area contributed by atoms with E-state index >= 15 is 0 Å². The highest BCUT2D eigenvalue weighted by Crippen LogP contribution is 2.26. The lowest BCUT2D eigenvalue weighted by atomic mass is 9.92. The van der Waals surface area contributed by atoms with E-state index in [1.807, 2.05) is 30.3 Å². The van der Waals surface area contributed by atoms with Crippen molar-refractivity contribution in [3.63, 3.8) is 0 Å². The van der Waals surface area contributed by atoms with Gasteiger partial charge in [-0.05, 0) is 36.8 Å². The van der Waals surface area contributed by atoms with Crippen molar-refractivity contribution >= 4 is 0 Å². The van der Waals surface area contributed by atoms with Gasteiger partial charge in [-0.15, -0.1) is 0 Å². The molecule has 4 nitrogen and oxygen atoms in total. The van der Waals surface area contributed by atoms with Crippen LogP contribution in [0.1, 0.15) is 24.8 Å². The molecule has 5 heteroatoms. The molecule has 0 saturated heterocycles. The molecule has 0 radical (unpaired) electrons. The van der Waals surface area contributed by atoms with E-state index in [2.05, 4.69) is 10.0 Å². The van der Waals surface area contributed by atoms with Crippen molar-refractivity contribution in [2.24, 2.45) is 5.11 Å². The molecule has 0 aromatic heterocycles. The lowest BCUT2D eigenvalue weighted by molar-refractivity contribution is -0.0266. The molecule has 0 heterocycles. The lowest BCUT2D eigenvalue weighted by Crippen LogP contribution is -2.34. The van der Waals surface area contributed by atoms with Gasteiger partial charge in [0.05, 0.1) is 12.7 Å². The zero-order valence-electron chi connectivity index (χ0n) is 10.8. The van der Waals surface area contributed by atoms with Crippen molar-refractivity contribution in [2.45, 2.75) is 44.0 Å². The number of alkyl halides is 1. The van der Waals surface area contributed by atoms with Crippen LogP contribution in [-0.4, -0.2) is 24.9 Å². The maximum atomic E-state index is 13.8. The maximum absolute atomic E-state index is 13.8. The van der Waals surface area contributed by atoms with Crippen molar-refractivity contribution in [1.29, 1.82) is 0 Å². The van der Waals surface area contributed by atoms with Gasteiger partial charge >= 0.3 is 0 Å². The number of halogens is 1. The van der Waals surface area contributed by atoms with Crippen LogP contribution in [0.4, 0.5) is 4.39 Å².